The predicted molar refractivity (Wildman–Crippen MR) is 123 cm³/mol. The van der Waals surface area contributed by atoms with Crippen molar-refractivity contribution in [2.24, 2.45) is 5.10 Å². The number of nitrogens with one attached hydrogen (secondary N) is 2. The second-order valence-electron chi connectivity index (χ2n) is 7.22. The molecule has 0 aliphatic carbocycles. The Hall–Kier alpha value is -3.93. The van der Waals surface area contributed by atoms with Crippen LogP contribution in [0.3, 0.4) is 0 Å². The smallest absolute Gasteiger partial charge is 0.271 e. The summed E-state index contributed by atoms with van der Waals surface area (Å²) in [4.78, 5) is 24.2. The minimum absolute atomic E-state index is 0.0899. The number of amides is 2. The van der Waals surface area contributed by atoms with Crippen molar-refractivity contribution in [3.8, 4) is 5.75 Å². The molecule has 2 amide bonds. The molecule has 2 N–H and O–H groups in total. The molecule has 0 aliphatic heterocycles. The van der Waals surface area contributed by atoms with E-state index in [4.69, 9.17) is 4.74 Å². The van der Waals surface area contributed by atoms with E-state index in [0.29, 0.717) is 11.3 Å². The maximum Gasteiger partial charge on any atom is 0.271 e. The zero-order valence-electron chi connectivity index (χ0n) is 17.8. The molecule has 0 bridgehead atoms. The van der Waals surface area contributed by atoms with Crippen LogP contribution in [-0.4, -0.2) is 24.6 Å². The molecule has 3 aromatic carbocycles. The molecule has 0 radical (unpaired) electrons. The highest BCUT2D eigenvalue weighted by molar-refractivity contribution is 5.95. The van der Waals surface area contributed by atoms with Crippen molar-refractivity contribution in [2.75, 3.05) is 11.9 Å². The average molecular weight is 415 g/mol. The lowest BCUT2D eigenvalue weighted by Gasteiger charge is -2.11. The molecule has 6 nitrogen and oxygen atoms in total. The number of aryl methyl sites for hydroxylation is 2. The van der Waals surface area contributed by atoms with Crippen LogP contribution in [-0.2, 0) is 4.79 Å². The minimum atomic E-state index is -0.272. The van der Waals surface area contributed by atoms with Gasteiger partial charge in [0.15, 0.2) is 6.61 Å². The quantitative estimate of drug-likeness (QED) is 0.444. The van der Waals surface area contributed by atoms with Crippen LogP contribution in [0.25, 0.3) is 0 Å². The van der Waals surface area contributed by atoms with Crippen LogP contribution in [0.4, 0.5) is 5.69 Å². The highest BCUT2D eigenvalue weighted by Crippen LogP contribution is 2.18. The van der Waals surface area contributed by atoms with Crippen LogP contribution in [0.15, 0.2) is 71.8 Å². The summed E-state index contributed by atoms with van der Waals surface area (Å²) in [6.45, 7) is 5.84. The zero-order valence-corrected chi connectivity index (χ0v) is 17.8. The lowest BCUT2D eigenvalue weighted by Crippen LogP contribution is -2.20. The topological polar surface area (TPSA) is 79.8 Å². The molecular formula is C25H25N3O3. The van der Waals surface area contributed by atoms with E-state index in [0.717, 1.165) is 27.9 Å². The molecule has 0 aliphatic rings. The molecule has 158 valence electrons. The van der Waals surface area contributed by atoms with Crippen molar-refractivity contribution in [3.05, 3.63) is 94.5 Å². The van der Waals surface area contributed by atoms with Crippen molar-refractivity contribution in [3.63, 3.8) is 0 Å². The van der Waals surface area contributed by atoms with Gasteiger partial charge in [-0.15, -0.1) is 0 Å². The average Bonchev–Trinajstić information content (AvgIpc) is 2.77. The van der Waals surface area contributed by atoms with Gasteiger partial charge in [0, 0.05) is 11.3 Å². The Morgan fingerprint density at radius 3 is 2.35 bits per heavy atom. The van der Waals surface area contributed by atoms with E-state index >= 15 is 0 Å². The van der Waals surface area contributed by atoms with Gasteiger partial charge in [0.25, 0.3) is 11.8 Å². The first-order valence-electron chi connectivity index (χ1n) is 9.91. The van der Waals surface area contributed by atoms with Crippen molar-refractivity contribution in [2.45, 2.75) is 20.8 Å². The Morgan fingerprint density at radius 2 is 1.65 bits per heavy atom. The Labute approximate surface area is 182 Å². The first-order chi connectivity index (χ1) is 14.9. The van der Waals surface area contributed by atoms with Gasteiger partial charge < -0.3 is 10.1 Å². The number of nitrogens with zero attached hydrogens (tertiary/aromatic N) is 1. The molecule has 3 aromatic rings. The number of ether oxygens (including phenoxy) is 1. The summed E-state index contributed by atoms with van der Waals surface area (Å²) in [5.41, 5.74) is 7.86. The standard InChI is InChI=1S/C25H25N3O3/c1-17-7-11-21(12-8-17)25(30)28-26-15-20-9-13-22(14-10-20)31-16-24(29)27-23-6-4-5-18(2)19(23)3/h4-15H,16H2,1-3H3,(H,27,29)(H,28,30)/b26-15+. The lowest BCUT2D eigenvalue weighted by molar-refractivity contribution is -0.118. The van der Waals surface area contributed by atoms with Gasteiger partial charge in [-0.2, -0.15) is 5.10 Å². The Kier molecular flexibility index (Phi) is 7.17. The normalized spacial score (nSPS) is 10.7. The fourth-order valence-corrected chi connectivity index (χ4v) is 2.81. The van der Waals surface area contributed by atoms with Crippen molar-refractivity contribution in [1.29, 1.82) is 0 Å². The molecule has 31 heavy (non-hydrogen) atoms. The number of anilines is 1. The number of rotatable bonds is 7. The Bertz CT molecular complexity index is 1090. The minimum Gasteiger partial charge on any atom is -0.484 e. The van der Waals surface area contributed by atoms with Gasteiger partial charge in [-0.1, -0.05) is 29.8 Å². The summed E-state index contributed by atoms with van der Waals surface area (Å²) in [6.07, 6.45) is 1.54. The molecule has 0 atom stereocenters. The summed E-state index contributed by atoms with van der Waals surface area (Å²) >= 11 is 0. The lowest BCUT2D eigenvalue weighted by atomic mass is 10.1. The zero-order chi connectivity index (χ0) is 22.2. The molecule has 0 saturated heterocycles. The van der Waals surface area contributed by atoms with Gasteiger partial charge in [-0.25, -0.2) is 5.43 Å². The maximum atomic E-state index is 12.2. The molecule has 0 saturated carbocycles. The van der Waals surface area contributed by atoms with E-state index in [1.54, 1.807) is 42.6 Å². The van der Waals surface area contributed by atoms with E-state index in [-0.39, 0.29) is 18.4 Å². The molecule has 0 aromatic heterocycles. The van der Waals surface area contributed by atoms with Gasteiger partial charge in [0.2, 0.25) is 0 Å². The highest BCUT2D eigenvalue weighted by atomic mass is 16.5. The molecule has 0 fully saturated rings. The fourth-order valence-electron chi connectivity index (χ4n) is 2.81. The van der Waals surface area contributed by atoms with Crippen molar-refractivity contribution < 1.29 is 14.3 Å². The van der Waals surface area contributed by atoms with Crippen LogP contribution < -0.4 is 15.5 Å². The van der Waals surface area contributed by atoms with Crippen molar-refractivity contribution in [1.82, 2.24) is 5.43 Å². The number of carbonyl (C=O) groups excluding carboxylic acids is 2. The van der Waals surface area contributed by atoms with Crippen LogP contribution in [0.1, 0.15) is 32.6 Å². The molecule has 6 heteroatoms. The van der Waals surface area contributed by atoms with E-state index in [1.165, 1.54) is 0 Å². The Balaban J connectivity index is 1.47. The summed E-state index contributed by atoms with van der Waals surface area (Å²) in [6, 6.07) is 20.1. The van der Waals surface area contributed by atoms with E-state index in [1.807, 2.05) is 51.1 Å². The van der Waals surface area contributed by atoms with Crippen LogP contribution in [0, 0.1) is 20.8 Å². The largest absolute Gasteiger partial charge is 0.484 e. The monoisotopic (exact) mass is 415 g/mol. The highest BCUT2D eigenvalue weighted by Gasteiger charge is 2.07. The number of hydrazone groups is 1. The molecule has 0 heterocycles. The number of benzene rings is 3. The third-order valence-electron chi connectivity index (χ3n) is 4.82. The van der Waals surface area contributed by atoms with Gasteiger partial charge in [0.1, 0.15) is 5.75 Å². The molecule has 0 spiro atoms. The summed E-state index contributed by atoms with van der Waals surface area (Å²) in [5.74, 6) is 0.0705. The summed E-state index contributed by atoms with van der Waals surface area (Å²) in [5, 5.41) is 6.84. The third-order valence-corrected chi connectivity index (χ3v) is 4.82. The number of carbonyl (C=O) groups is 2. The SMILES string of the molecule is Cc1ccc(C(=O)N/N=C/c2ccc(OCC(=O)Nc3cccc(C)c3C)cc2)cc1. The van der Waals surface area contributed by atoms with Gasteiger partial charge in [0.05, 0.1) is 6.21 Å². The fraction of sp³-hybridized carbons (Fsp3) is 0.160. The third kappa shape index (κ3) is 6.27. The van der Waals surface area contributed by atoms with Gasteiger partial charge in [-0.3, -0.25) is 9.59 Å². The second kappa shape index (κ2) is 10.2. The maximum absolute atomic E-state index is 12.2. The summed E-state index contributed by atoms with van der Waals surface area (Å²) < 4.78 is 5.55. The first kappa shape index (κ1) is 21.8. The van der Waals surface area contributed by atoms with Gasteiger partial charge >= 0.3 is 0 Å². The first-order valence-corrected chi connectivity index (χ1v) is 9.91. The van der Waals surface area contributed by atoms with Gasteiger partial charge in [-0.05, 0) is 79.9 Å². The van der Waals surface area contributed by atoms with Crippen LogP contribution in [0.2, 0.25) is 0 Å². The van der Waals surface area contributed by atoms with Crippen molar-refractivity contribution >= 4 is 23.7 Å². The van der Waals surface area contributed by atoms with Crippen LogP contribution in [0.5, 0.6) is 5.75 Å². The Morgan fingerprint density at radius 1 is 0.935 bits per heavy atom. The second-order valence-corrected chi connectivity index (χ2v) is 7.22. The summed E-state index contributed by atoms with van der Waals surface area (Å²) in [7, 11) is 0. The van der Waals surface area contributed by atoms with Crippen LogP contribution >= 0.6 is 0 Å². The van der Waals surface area contributed by atoms with E-state index in [9.17, 15) is 9.59 Å². The molecule has 0 unspecified atom stereocenters. The van der Waals surface area contributed by atoms with E-state index in [2.05, 4.69) is 15.8 Å². The molecular weight excluding hydrogens is 390 g/mol. The molecule has 3 rings (SSSR count). The number of hydrogen-bond acceptors (Lipinski definition) is 4. The van der Waals surface area contributed by atoms with E-state index < -0.39 is 0 Å². The number of hydrogen-bond donors (Lipinski definition) is 2. The predicted octanol–water partition coefficient (Wildman–Crippen LogP) is 4.39.